The fourth-order valence-corrected chi connectivity index (χ4v) is 2.59. The van der Waals surface area contributed by atoms with Gasteiger partial charge in [0.1, 0.15) is 18.5 Å². The maximum absolute atomic E-state index is 10.2. The first-order chi connectivity index (χ1) is 11.3. The second-order valence-electron chi connectivity index (χ2n) is 5.37. The van der Waals surface area contributed by atoms with Gasteiger partial charge in [-0.2, -0.15) is 0 Å². The number of fused-ring (bicyclic) bond motifs is 2. The molecular formula is C17H16N2O4. The molecule has 0 bridgehead atoms. The average Bonchev–Trinajstić information content (AvgIpc) is 3.20. The van der Waals surface area contributed by atoms with Crippen LogP contribution in [0.5, 0.6) is 17.2 Å². The summed E-state index contributed by atoms with van der Waals surface area (Å²) in [7, 11) is 0. The van der Waals surface area contributed by atoms with Crippen LogP contribution in [0.25, 0.3) is 11.0 Å². The fraction of sp³-hybridized carbons (Fsp3) is 0.235. The zero-order valence-corrected chi connectivity index (χ0v) is 12.4. The molecule has 2 heterocycles. The van der Waals surface area contributed by atoms with Gasteiger partial charge in [0.15, 0.2) is 11.5 Å². The molecule has 0 fully saturated rings. The summed E-state index contributed by atoms with van der Waals surface area (Å²) in [5, 5.41) is 10.2. The largest absolute Gasteiger partial charge is 0.491 e. The van der Waals surface area contributed by atoms with Crippen molar-refractivity contribution >= 4 is 11.0 Å². The van der Waals surface area contributed by atoms with Crippen molar-refractivity contribution in [3.63, 3.8) is 0 Å². The van der Waals surface area contributed by atoms with Crippen molar-refractivity contribution in [1.29, 1.82) is 0 Å². The Balaban J connectivity index is 1.39. The first-order valence-electron chi connectivity index (χ1n) is 7.40. The van der Waals surface area contributed by atoms with Crippen molar-refractivity contribution in [2.75, 3.05) is 13.4 Å². The standard InChI is InChI=1S/C17H16N2O4/c20-12(8-19-10-18-14-3-1-2-4-15(14)19)9-21-13-5-6-16-17(7-13)23-11-22-16/h1-7,10,12,20H,8-9,11H2. The predicted octanol–water partition coefficient (Wildman–Crippen LogP) is 2.20. The lowest BCUT2D eigenvalue weighted by molar-refractivity contribution is 0.0933. The van der Waals surface area contributed by atoms with Gasteiger partial charge in [0, 0.05) is 6.07 Å². The number of ether oxygens (including phenoxy) is 3. The van der Waals surface area contributed by atoms with E-state index < -0.39 is 6.10 Å². The molecule has 1 unspecified atom stereocenters. The number of nitrogens with zero attached hydrogens (tertiary/aromatic N) is 2. The number of hydrogen-bond donors (Lipinski definition) is 1. The van der Waals surface area contributed by atoms with E-state index >= 15 is 0 Å². The van der Waals surface area contributed by atoms with E-state index in [9.17, 15) is 5.11 Å². The molecule has 4 rings (SSSR count). The van der Waals surface area contributed by atoms with E-state index in [1.165, 1.54) is 0 Å². The van der Waals surface area contributed by atoms with Crippen molar-refractivity contribution in [3.8, 4) is 17.2 Å². The summed E-state index contributed by atoms with van der Waals surface area (Å²) in [6.45, 7) is 0.840. The van der Waals surface area contributed by atoms with Gasteiger partial charge in [0.2, 0.25) is 6.79 Å². The molecule has 0 spiro atoms. The van der Waals surface area contributed by atoms with E-state index in [2.05, 4.69) is 4.98 Å². The zero-order valence-electron chi connectivity index (χ0n) is 12.4. The predicted molar refractivity (Wildman–Crippen MR) is 83.8 cm³/mol. The van der Waals surface area contributed by atoms with Crippen LogP contribution in [0.3, 0.4) is 0 Å². The summed E-state index contributed by atoms with van der Waals surface area (Å²) in [4.78, 5) is 4.31. The van der Waals surface area contributed by atoms with Gasteiger partial charge in [-0.25, -0.2) is 4.98 Å². The van der Waals surface area contributed by atoms with Crippen molar-refractivity contribution < 1.29 is 19.3 Å². The number of aliphatic hydroxyl groups excluding tert-OH is 1. The Morgan fingerprint density at radius 3 is 3.00 bits per heavy atom. The van der Waals surface area contributed by atoms with Crippen molar-refractivity contribution in [3.05, 3.63) is 48.8 Å². The lowest BCUT2D eigenvalue weighted by atomic mass is 10.3. The summed E-state index contributed by atoms with van der Waals surface area (Å²) in [5.41, 5.74) is 1.91. The second-order valence-corrected chi connectivity index (χ2v) is 5.37. The maximum Gasteiger partial charge on any atom is 0.231 e. The molecule has 0 amide bonds. The molecular weight excluding hydrogens is 296 g/mol. The highest BCUT2D eigenvalue weighted by atomic mass is 16.7. The van der Waals surface area contributed by atoms with Crippen LogP contribution in [0.1, 0.15) is 0 Å². The average molecular weight is 312 g/mol. The number of para-hydroxylation sites is 2. The molecule has 3 aromatic rings. The molecule has 0 radical (unpaired) electrons. The maximum atomic E-state index is 10.2. The second kappa shape index (κ2) is 5.81. The van der Waals surface area contributed by atoms with E-state index in [0.717, 1.165) is 11.0 Å². The minimum absolute atomic E-state index is 0.187. The Labute approximate surface area is 132 Å². The first kappa shape index (κ1) is 13.9. The van der Waals surface area contributed by atoms with Crippen molar-refractivity contribution in [2.24, 2.45) is 0 Å². The molecule has 2 aromatic carbocycles. The molecule has 1 N–H and O–H groups in total. The van der Waals surface area contributed by atoms with Crippen molar-refractivity contribution in [2.45, 2.75) is 12.6 Å². The lowest BCUT2D eigenvalue weighted by Gasteiger charge is -2.13. The minimum atomic E-state index is -0.641. The Morgan fingerprint density at radius 1 is 1.17 bits per heavy atom. The summed E-state index contributed by atoms with van der Waals surface area (Å²) in [6, 6.07) is 13.2. The molecule has 1 aromatic heterocycles. The van der Waals surface area contributed by atoms with Crippen LogP contribution in [0, 0.1) is 0 Å². The highest BCUT2D eigenvalue weighted by molar-refractivity contribution is 5.74. The Kier molecular flexibility index (Phi) is 3.51. The Morgan fingerprint density at radius 2 is 2.04 bits per heavy atom. The van der Waals surface area contributed by atoms with Crippen LogP contribution in [-0.2, 0) is 6.54 Å². The van der Waals surface area contributed by atoms with Gasteiger partial charge in [0.05, 0.1) is 23.9 Å². The van der Waals surface area contributed by atoms with E-state index in [-0.39, 0.29) is 13.4 Å². The van der Waals surface area contributed by atoms with Gasteiger partial charge in [-0.3, -0.25) is 0 Å². The van der Waals surface area contributed by atoms with E-state index in [1.807, 2.05) is 28.8 Å². The molecule has 0 saturated heterocycles. The number of imidazole rings is 1. The zero-order chi connectivity index (χ0) is 15.6. The first-order valence-corrected chi connectivity index (χ1v) is 7.40. The highest BCUT2D eigenvalue weighted by Crippen LogP contribution is 2.35. The molecule has 6 heteroatoms. The van der Waals surface area contributed by atoms with Crippen LogP contribution < -0.4 is 14.2 Å². The van der Waals surface area contributed by atoms with Gasteiger partial charge in [-0.05, 0) is 24.3 Å². The normalized spacial score (nSPS) is 14.1. The molecule has 1 aliphatic rings. The van der Waals surface area contributed by atoms with E-state index in [0.29, 0.717) is 23.8 Å². The van der Waals surface area contributed by atoms with Crippen LogP contribution in [-0.4, -0.2) is 34.2 Å². The number of aliphatic hydroxyl groups is 1. The van der Waals surface area contributed by atoms with Crippen molar-refractivity contribution in [1.82, 2.24) is 9.55 Å². The molecule has 6 nitrogen and oxygen atoms in total. The van der Waals surface area contributed by atoms with Crippen LogP contribution in [0.4, 0.5) is 0 Å². The van der Waals surface area contributed by atoms with Gasteiger partial charge in [0.25, 0.3) is 0 Å². The van der Waals surface area contributed by atoms with E-state index in [4.69, 9.17) is 14.2 Å². The quantitative estimate of drug-likeness (QED) is 0.782. The SMILES string of the molecule is OC(COc1ccc2c(c1)OCO2)Cn1cnc2ccccc21. The van der Waals surface area contributed by atoms with Gasteiger partial charge in [-0.1, -0.05) is 12.1 Å². The molecule has 1 atom stereocenters. The van der Waals surface area contributed by atoms with Gasteiger partial charge in [-0.15, -0.1) is 0 Å². The third-order valence-corrected chi connectivity index (χ3v) is 3.72. The van der Waals surface area contributed by atoms with Crippen LogP contribution in [0.15, 0.2) is 48.8 Å². The summed E-state index contributed by atoms with van der Waals surface area (Å²) >= 11 is 0. The minimum Gasteiger partial charge on any atom is -0.491 e. The van der Waals surface area contributed by atoms with Gasteiger partial charge >= 0.3 is 0 Å². The summed E-state index contributed by atoms with van der Waals surface area (Å²) in [6.07, 6.45) is 1.09. The monoisotopic (exact) mass is 312 g/mol. The Bertz CT molecular complexity index is 830. The summed E-state index contributed by atoms with van der Waals surface area (Å²) < 4.78 is 18.1. The molecule has 0 aliphatic carbocycles. The molecule has 1 aliphatic heterocycles. The number of benzene rings is 2. The van der Waals surface area contributed by atoms with E-state index in [1.54, 1.807) is 24.5 Å². The molecule has 23 heavy (non-hydrogen) atoms. The number of rotatable bonds is 5. The van der Waals surface area contributed by atoms with Crippen LogP contribution in [0.2, 0.25) is 0 Å². The molecule has 0 saturated carbocycles. The lowest BCUT2D eigenvalue weighted by Crippen LogP contribution is -2.23. The third kappa shape index (κ3) is 2.80. The summed E-state index contributed by atoms with van der Waals surface area (Å²) in [5.74, 6) is 2.02. The topological polar surface area (TPSA) is 65.7 Å². The smallest absolute Gasteiger partial charge is 0.231 e. The van der Waals surface area contributed by atoms with Gasteiger partial charge < -0.3 is 23.9 Å². The fourth-order valence-electron chi connectivity index (χ4n) is 2.59. The Hall–Kier alpha value is -2.73. The third-order valence-electron chi connectivity index (χ3n) is 3.72. The number of aromatic nitrogens is 2. The van der Waals surface area contributed by atoms with Crippen LogP contribution >= 0.6 is 0 Å². The highest BCUT2D eigenvalue weighted by Gasteiger charge is 2.15. The number of hydrogen-bond acceptors (Lipinski definition) is 5. The molecule has 118 valence electrons.